The van der Waals surface area contributed by atoms with Crippen LogP contribution in [0.3, 0.4) is 0 Å². The molecule has 0 aliphatic carbocycles. The molecule has 2 N–H and O–H groups in total. The van der Waals surface area contributed by atoms with Crippen molar-refractivity contribution in [3.63, 3.8) is 0 Å². The van der Waals surface area contributed by atoms with E-state index in [2.05, 4.69) is 0 Å². The van der Waals surface area contributed by atoms with Crippen LogP contribution in [0, 0.1) is 0 Å². The van der Waals surface area contributed by atoms with Crippen molar-refractivity contribution >= 4 is 0 Å². The lowest BCUT2D eigenvalue weighted by molar-refractivity contribution is -0.194. The lowest BCUT2D eigenvalue weighted by Crippen LogP contribution is -2.50. The van der Waals surface area contributed by atoms with Crippen LogP contribution < -0.4 is 5.73 Å². The Kier molecular flexibility index (Phi) is 2.30. The van der Waals surface area contributed by atoms with Crippen LogP contribution in [0.15, 0.2) is 0 Å². The Labute approximate surface area is 56.2 Å². The molecule has 0 rings (SSSR count). The van der Waals surface area contributed by atoms with Crippen molar-refractivity contribution in [1.82, 2.24) is 0 Å². The first-order valence-electron chi connectivity index (χ1n) is 2.65. The lowest BCUT2D eigenvalue weighted by Gasteiger charge is -2.25. The second-order valence-corrected chi connectivity index (χ2v) is 2.73. The molecule has 62 valence electrons. The van der Waals surface area contributed by atoms with E-state index in [0.29, 0.717) is 0 Å². The van der Waals surface area contributed by atoms with E-state index in [9.17, 15) is 17.6 Å². The van der Waals surface area contributed by atoms with Crippen LogP contribution in [0.4, 0.5) is 17.6 Å². The van der Waals surface area contributed by atoms with Gasteiger partial charge in [0.25, 0.3) is 0 Å². The smallest absolute Gasteiger partial charge is 0.323 e. The lowest BCUT2D eigenvalue weighted by atomic mass is 10.0. The Morgan fingerprint density at radius 1 is 1.20 bits per heavy atom. The van der Waals surface area contributed by atoms with Gasteiger partial charge in [-0.25, -0.2) is 4.39 Å². The van der Waals surface area contributed by atoms with E-state index in [4.69, 9.17) is 5.73 Å². The second-order valence-electron chi connectivity index (χ2n) is 2.73. The Morgan fingerprint density at radius 3 is 1.50 bits per heavy atom. The molecule has 5 heteroatoms. The molecule has 0 aromatic carbocycles. The quantitative estimate of drug-likeness (QED) is 0.578. The molecule has 1 atom stereocenters. The van der Waals surface area contributed by atoms with Crippen LogP contribution in [-0.2, 0) is 0 Å². The maximum atomic E-state index is 12.2. The standard InChI is InChI=1S/C5H9F4N/c1-4(2,10)3(6)5(7,8)9/h3H,10H2,1-2H3. The van der Waals surface area contributed by atoms with Gasteiger partial charge < -0.3 is 5.73 Å². The van der Waals surface area contributed by atoms with Crippen LogP contribution in [0.1, 0.15) is 13.8 Å². The summed E-state index contributed by atoms with van der Waals surface area (Å²) < 4.78 is 46.6. The van der Waals surface area contributed by atoms with E-state index >= 15 is 0 Å². The maximum absolute atomic E-state index is 12.2. The van der Waals surface area contributed by atoms with Crippen molar-refractivity contribution < 1.29 is 17.6 Å². The molecule has 0 aromatic rings. The Bertz CT molecular complexity index is 97.8. The summed E-state index contributed by atoms with van der Waals surface area (Å²) in [5.74, 6) is 0. The van der Waals surface area contributed by atoms with Crippen LogP contribution in [0.5, 0.6) is 0 Å². The van der Waals surface area contributed by atoms with Gasteiger partial charge >= 0.3 is 6.18 Å². The van der Waals surface area contributed by atoms with Crippen molar-refractivity contribution in [1.29, 1.82) is 0 Å². The first-order chi connectivity index (χ1) is 4.15. The van der Waals surface area contributed by atoms with Crippen molar-refractivity contribution in [2.45, 2.75) is 31.7 Å². The van der Waals surface area contributed by atoms with Crippen LogP contribution in [0.2, 0.25) is 0 Å². The van der Waals surface area contributed by atoms with E-state index in [1.54, 1.807) is 0 Å². The molecule has 0 bridgehead atoms. The minimum atomic E-state index is -4.85. The van der Waals surface area contributed by atoms with Crippen molar-refractivity contribution in [3.8, 4) is 0 Å². The van der Waals surface area contributed by atoms with Crippen LogP contribution in [0.25, 0.3) is 0 Å². The van der Waals surface area contributed by atoms with E-state index < -0.39 is 17.9 Å². The average molecular weight is 159 g/mol. The number of halogens is 4. The summed E-state index contributed by atoms with van der Waals surface area (Å²) in [6.45, 7) is 1.98. The van der Waals surface area contributed by atoms with Crippen molar-refractivity contribution in [3.05, 3.63) is 0 Å². The normalized spacial score (nSPS) is 17.1. The number of hydrogen-bond acceptors (Lipinski definition) is 1. The molecule has 1 nitrogen and oxygen atoms in total. The fourth-order valence-electron chi connectivity index (χ4n) is 0.422. The molecule has 0 aromatic heterocycles. The van der Waals surface area contributed by atoms with Gasteiger partial charge in [-0.2, -0.15) is 13.2 Å². The summed E-state index contributed by atoms with van der Waals surface area (Å²) in [4.78, 5) is 0. The maximum Gasteiger partial charge on any atom is 0.421 e. The topological polar surface area (TPSA) is 26.0 Å². The molecule has 1 unspecified atom stereocenters. The molecular formula is C5H9F4N. The minimum absolute atomic E-state index is 0.991. The molecule has 0 saturated heterocycles. The molecule has 0 heterocycles. The summed E-state index contributed by atoms with van der Waals surface area (Å²) in [6, 6.07) is 0. The van der Waals surface area contributed by atoms with Gasteiger partial charge in [0.2, 0.25) is 6.17 Å². The monoisotopic (exact) mass is 159 g/mol. The average Bonchev–Trinajstić information content (AvgIpc) is 1.59. The van der Waals surface area contributed by atoms with Gasteiger partial charge in [0.15, 0.2) is 0 Å². The molecule has 0 amide bonds. The van der Waals surface area contributed by atoms with Gasteiger partial charge in [-0.05, 0) is 13.8 Å². The third-order valence-corrected chi connectivity index (χ3v) is 0.941. The number of rotatable bonds is 1. The SMILES string of the molecule is CC(C)(N)C(F)C(F)(F)F. The van der Waals surface area contributed by atoms with Crippen LogP contribution in [-0.4, -0.2) is 17.9 Å². The third kappa shape index (κ3) is 2.51. The molecule has 0 aliphatic rings. The predicted molar refractivity (Wildman–Crippen MR) is 29.2 cm³/mol. The van der Waals surface area contributed by atoms with E-state index in [1.165, 1.54) is 0 Å². The van der Waals surface area contributed by atoms with Gasteiger partial charge in [0, 0.05) is 0 Å². The first kappa shape index (κ1) is 9.68. The van der Waals surface area contributed by atoms with E-state index in [1.807, 2.05) is 0 Å². The summed E-state index contributed by atoms with van der Waals surface area (Å²) in [5, 5.41) is 0. The Hall–Kier alpha value is -0.320. The Balaban J connectivity index is 4.23. The largest absolute Gasteiger partial charge is 0.421 e. The highest BCUT2D eigenvalue weighted by Gasteiger charge is 2.47. The van der Waals surface area contributed by atoms with Gasteiger partial charge in [-0.15, -0.1) is 0 Å². The summed E-state index contributed by atoms with van der Waals surface area (Å²) in [6.07, 6.45) is -7.81. The fraction of sp³-hybridized carbons (Fsp3) is 1.00. The molecule has 0 saturated carbocycles. The third-order valence-electron chi connectivity index (χ3n) is 0.941. The molecule has 0 fully saturated rings. The molecule has 0 aliphatic heterocycles. The van der Waals surface area contributed by atoms with Crippen molar-refractivity contribution in [2.75, 3.05) is 0 Å². The van der Waals surface area contributed by atoms with Gasteiger partial charge in [0.05, 0.1) is 5.54 Å². The first-order valence-corrected chi connectivity index (χ1v) is 2.65. The van der Waals surface area contributed by atoms with E-state index in [-0.39, 0.29) is 0 Å². The van der Waals surface area contributed by atoms with Gasteiger partial charge in [0.1, 0.15) is 0 Å². The zero-order valence-corrected chi connectivity index (χ0v) is 5.67. The van der Waals surface area contributed by atoms with E-state index in [0.717, 1.165) is 13.8 Å². The Morgan fingerprint density at radius 2 is 1.50 bits per heavy atom. The van der Waals surface area contributed by atoms with Crippen molar-refractivity contribution in [2.24, 2.45) is 5.73 Å². The fourth-order valence-corrected chi connectivity index (χ4v) is 0.422. The minimum Gasteiger partial charge on any atom is -0.323 e. The zero-order chi connectivity index (χ0) is 8.58. The molecule has 0 radical (unpaired) electrons. The van der Waals surface area contributed by atoms with Gasteiger partial charge in [-0.1, -0.05) is 0 Å². The summed E-state index contributed by atoms with van der Waals surface area (Å²) in [7, 11) is 0. The predicted octanol–water partition coefficient (Wildman–Crippen LogP) is 1.62. The highest BCUT2D eigenvalue weighted by Crippen LogP contribution is 2.29. The molecular weight excluding hydrogens is 150 g/mol. The number of nitrogens with two attached hydrogens (primary N) is 1. The summed E-state index contributed by atoms with van der Waals surface area (Å²) in [5.41, 5.74) is 3.02. The highest BCUT2D eigenvalue weighted by atomic mass is 19.4. The number of hydrogen-bond donors (Lipinski definition) is 1. The molecule has 0 spiro atoms. The summed E-state index contributed by atoms with van der Waals surface area (Å²) >= 11 is 0. The molecule has 10 heavy (non-hydrogen) atoms. The van der Waals surface area contributed by atoms with Crippen LogP contribution >= 0.6 is 0 Å². The zero-order valence-electron chi connectivity index (χ0n) is 5.67. The van der Waals surface area contributed by atoms with Gasteiger partial charge in [-0.3, -0.25) is 0 Å². The highest BCUT2D eigenvalue weighted by molar-refractivity contribution is 4.87. The second kappa shape index (κ2) is 2.38. The number of alkyl halides is 4.